The lowest BCUT2D eigenvalue weighted by Crippen LogP contribution is -2.52. The summed E-state index contributed by atoms with van der Waals surface area (Å²) in [5, 5.41) is 1.65. The van der Waals surface area contributed by atoms with Gasteiger partial charge in [0.25, 0.3) is 6.29 Å². The topological polar surface area (TPSA) is 99.2 Å². The molecule has 2 saturated heterocycles. The fourth-order valence-electron chi connectivity index (χ4n) is 4.86. The van der Waals surface area contributed by atoms with Gasteiger partial charge in [-0.1, -0.05) is 42.5 Å². The highest BCUT2D eigenvalue weighted by molar-refractivity contribution is 6.26. The molecule has 0 spiro atoms. The summed E-state index contributed by atoms with van der Waals surface area (Å²) < 4.78 is 16.4. The van der Waals surface area contributed by atoms with Crippen LogP contribution in [0.3, 0.4) is 0 Å². The van der Waals surface area contributed by atoms with Crippen molar-refractivity contribution in [2.45, 2.75) is 31.8 Å². The van der Waals surface area contributed by atoms with Crippen molar-refractivity contribution in [3.05, 3.63) is 54.6 Å². The highest BCUT2D eigenvalue weighted by Crippen LogP contribution is 2.55. The number of hydrogen-bond donors (Lipinski definition) is 0. The van der Waals surface area contributed by atoms with Crippen LogP contribution in [-0.2, 0) is 33.4 Å². The number of esters is 2. The third-order valence-corrected chi connectivity index (χ3v) is 6.00. The molecule has 0 aliphatic carbocycles. The third kappa shape index (κ3) is 2.71. The van der Waals surface area contributed by atoms with Crippen LogP contribution >= 0.6 is 0 Å². The van der Waals surface area contributed by atoms with E-state index in [0.29, 0.717) is 5.69 Å². The standard InChI is InChI=1S/C23H19NO7/c1-12(25)29-22(30-13(2)26)23-11-10-17(31-23)18-19(23)21(28)24(20(18)27)16-9-5-7-14-6-3-4-8-15(14)16/h3-11,17-19,22H,1-2H3/t17-,18-,19+,23+/m0/s1. The summed E-state index contributed by atoms with van der Waals surface area (Å²) in [5.41, 5.74) is -1.08. The number of carbonyl (C=O) groups is 4. The first-order valence-corrected chi connectivity index (χ1v) is 9.90. The van der Waals surface area contributed by atoms with Crippen molar-refractivity contribution in [2.24, 2.45) is 11.8 Å². The summed E-state index contributed by atoms with van der Waals surface area (Å²) in [7, 11) is 0. The Bertz CT molecular complexity index is 1150. The minimum absolute atomic E-state index is 0.396. The molecule has 3 heterocycles. The average molecular weight is 421 g/mol. The summed E-state index contributed by atoms with van der Waals surface area (Å²) in [6.07, 6.45) is 1.05. The van der Waals surface area contributed by atoms with E-state index in [9.17, 15) is 19.2 Å². The van der Waals surface area contributed by atoms with Crippen LogP contribution in [0.1, 0.15) is 13.8 Å². The van der Waals surface area contributed by atoms with E-state index in [4.69, 9.17) is 14.2 Å². The molecule has 158 valence electrons. The maximum absolute atomic E-state index is 13.6. The predicted molar refractivity (Wildman–Crippen MR) is 107 cm³/mol. The number of fused-ring (bicyclic) bond motifs is 6. The maximum atomic E-state index is 13.6. The lowest BCUT2D eigenvalue weighted by Gasteiger charge is -2.34. The molecule has 2 amide bonds. The molecule has 0 radical (unpaired) electrons. The molecular weight excluding hydrogens is 402 g/mol. The van der Waals surface area contributed by atoms with Gasteiger partial charge in [-0.3, -0.25) is 19.2 Å². The molecule has 8 heteroatoms. The zero-order chi connectivity index (χ0) is 21.9. The number of imide groups is 1. The molecule has 2 aromatic carbocycles. The largest absolute Gasteiger partial charge is 0.422 e. The summed E-state index contributed by atoms with van der Waals surface area (Å²) in [5.74, 6) is -4.07. The van der Waals surface area contributed by atoms with Gasteiger partial charge < -0.3 is 14.2 Å². The average Bonchev–Trinajstić information content (AvgIpc) is 3.38. The first-order chi connectivity index (χ1) is 14.8. The van der Waals surface area contributed by atoms with Crippen molar-refractivity contribution in [3.63, 3.8) is 0 Å². The molecular formula is C23H19NO7. The van der Waals surface area contributed by atoms with Crippen LogP contribution in [0.15, 0.2) is 54.6 Å². The van der Waals surface area contributed by atoms with Crippen LogP contribution in [-0.4, -0.2) is 41.7 Å². The van der Waals surface area contributed by atoms with E-state index in [1.807, 2.05) is 30.3 Å². The van der Waals surface area contributed by atoms with Crippen molar-refractivity contribution in [1.29, 1.82) is 0 Å². The molecule has 0 N–H and O–H groups in total. The minimum atomic E-state index is -1.56. The second kappa shape index (κ2) is 6.75. The Morgan fingerprint density at radius 2 is 1.68 bits per heavy atom. The highest BCUT2D eigenvalue weighted by atomic mass is 16.7. The normalized spacial score (nSPS) is 28.5. The summed E-state index contributed by atoms with van der Waals surface area (Å²) in [4.78, 5) is 51.6. The van der Waals surface area contributed by atoms with Crippen molar-refractivity contribution < 1.29 is 33.4 Å². The Hall–Kier alpha value is -3.52. The van der Waals surface area contributed by atoms with Gasteiger partial charge in [0.05, 0.1) is 23.6 Å². The number of hydrogen-bond acceptors (Lipinski definition) is 7. The number of carbonyl (C=O) groups excluding carboxylic acids is 4. The van der Waals surface area contributed by atoms with E-state index < -0.39 is 53.6 Å². The van der Waals surface area contributed by atoms with Crippen LogP contribution in [0.4, 0.5) is 5.69 Å². The van der Waals surface area contributed by atoms with Crippen LogP contribution in [0.5, 0.6) is 0 Å². The lowest BCUT2D eigenvalue weighted by atomic mass is 9.76. The van der Waals surface area contributed by atoms with E-state index in [-0.39, 0.29) is 0 Å². The zero-order valence-corrected chi connectivity index (χ0v) is 16.8. The Morgan fingerprint density at radius 1 is 1.00 bits per heavy atom. The van der Waals surface area contributed by atoms with E-state index in [1.165, 1.54) is 18.7 Å². The monoisotopic (exact) mass is 421 g/mol. The Kier molecular flexibility index (Phi) is 4.23. The first kappa shape index (κ1) is 19.4. The number of amides is 2. The number of anilines is 1. The molecule has 31 heavy (non-hydrogen) atoms. The lowest BCUT2D eigenvalue weighted by molar-refractivity contribution is -0.226. The Morgan fingerprint density at radius 3 is 2.39 bits per heavy atom. The zero-order valence-electron chi connectivity index (χ0n) is 16.8. The number of benzene rings is 2. The van der Waals surface area contributed by atoms with Gasteiger partial charge in [-0.15, -0.1) is 0 Å². The Balaban J connectivity index is 1.60. The molecule has 5 rings (SSSR count). The van der Waals surface area contributed by atoms with Crippen LogP contribution < -0.4 is 4.90 Å². The van der Waals surface area contributed by atoms with Gasteiger partial charge in [-0.25, -0.2) is 4.90 Å². The van der Waals surface area contributed by atoms with Gasteiger partial charge >= 0.3 is 11.9 Å². The fourth-order valence-corrected chi connectivity index (χ4v) is 4.86. The quantitative estimate of drug-likeness (QED) is 0.323. The van der Waals surface area contributed by atoms with Crippen LogP contribution in [0, 0.1) is 11.8 Å². The molecule has 3 aliphatic heterocycles. The molecule has 2 fully saturated rings. The van der Waals surface area contributed by atoms with Gasteiger partial charge in [-0.2, -0.15) is 0 Å². The number of rotatable bonds is 4. The molecule has 0 saturated carbocycles. The van der Waals surface area contributed by atoms with Crippen molar-refractivity contribution in [1.82, 2.24) is 0 Å². The van der Waals surface area contributed by atoms with E-state index in [1.54, 1.807) is 24.3 Å². The van der Waals surface area contributed by atoms with Gasteiger partial charge in [0.15, 0.2) is 5.60 Å². The molecule has 0 aromatic heterocycles. The molecule has 2 bridgehead atoms. The summed E-state index contributed by atoms with van der Waals surface area (Å²) in [6, 6.07) is 12.9. The van der Waals surface area contributed by atoms with E-state index >= 15 is 0 Å². The highest BCUT2D eigenvalue weighted by Gasteiger charge is 2.72. The van der Waals surface area contributed by atoms with E-state index in [0.717, 1.165) is 10.8 Å². The second-order valence-corrected chi connectivity index (χ2v) is 7.86. The van der Waals surface area contributed by atoms with Gasteiger partial charge in [0.1, 0.15) is 0 Å². The van der Waals surface area contributed by atoms with E-state index in [2.05, 4.69) is 0 Å². The number of ether oxygens (including phenoxy) is 3. The second-order valence-electron chi connectivity index (χ2n) is 7.86. The SMILES string of the molecule is CC(=O)OC(OC(C)=O)[C@]12C=C[C@H](O1)[C@@H]1C(=O)N(c3cccc4ccccc34)C(=O)[C@@H]12. The molecule has 2 aromatic rings. The molecule has 4 atom stereocenters. The minimum Gasteiger partial charge on any atom is -0.422 e. The van der Waals surface area contributed by atoms with Gasteiger partial charge in [0, 0.05) is 19.2 Å². The summed E-state index contributed by atoms with van der Waals surface area (Å²) in [6.45, 7) is 2.33. The van der Waals surface area contributed by atoms with Crippen LogP contribution in [0.2, 0.25) is 0 Å². The molecule has 8 nitrogen and oxygen atoms in total. The maximum Gasteiger partial charge on any atom is 0.305 e. The molecule has 0 unspecified atom stereocenters. The van der Waals surface area contributed by atoms with Crippen molar-refractivity contribution in [2.75, 3.05) is 4.90 Å². The Labute approximate surface area is 177 Å². The fraction of sp³-hybridized carbons (Fsp3) is 0.304. The van der Waals surface area contributed by atoms with Crippen LogP contribution in [0.25, 0.3) is 10.8 Å². The predicted octanol–water partition coefficient (Wildman–Crippen LogP) is 2.11. The van der Waals surface area contributed by atoms with Crippen molar-refractivity contribution >= 4 is 40.2 Å². The third-order valence-electron chi connectivity index (χ3n) is 6.00. The summed E-state index contributed by atoms with van der Waals surface area (Å²) >= 11 is 0. The first-order valence-electron chi connectivity index (χ1n) is 9.90. The van der Waals surface area contributed by atoms with Gasteiger partial charge in [0.2, 0.25) is 11.8 Å². The smallest absolute Gasteiger partial charge is 0.305 e. The van der Waals surface area contributed by atoms with Gasteiger partial charge in [-0.05, 0) is 17.5 Å². The number of nitrogens with zero attached hydrogens (tertiary/aromatic N) is 1. The van der Waals surface area contributed by atoms with Crippen molar-refractivity contribution in [3.8, 4) is 0 Å². The molecule has 3 aliphatic rings.